The fourth-order valence-electron chi connectivity index (χ4n) is 8.60. The Hall–Kier alpha value is -6.67. The van der Waals surface area contributed by atoms with Crippen molar-refractivity contribution in [1.29, 1.82) is 0 Å². The maximum Gasteiger partial charge on any atom is 0.171 e. The van der Waals surface area contributed by atoms with Crippen molar-refractivity contribution in [2.24, 2.45) is 0 Å². The van der Waals surface area contributed by atoms with Crippen molar-refractivity contribution in [1.82, 2.24) is 9.97 Å². The molecule has 260 valence electrons. The Morgan fingerprint density at radius 1 is 0.400 bits per heavy atom. The van der Waals surface area contributed by atoms with Crippen molar-refractivity contribution in [3.05, 3.63) is 235 Å². The molecular weight excluding hydrogens is 688 g/mol. The average Bonchev–Trinajstić information content (AvgIpc) is 3.58. The van der Waals surface area contributed by atoms with Gasteiger partial charge in [-0.15, -0.1) is 0 Å². The van der Waals surface area contributed by atoms with Gasteiger partial charge in [-0.2, -0.15) is 0 Å². The minimum absolute atomic E-state index is 0.683. The number of rotatable bonds is 7. The zero-order valence-corrected chi connectivity index (χ0v) is 30.9. The summed E-state index contributed by atoms with van der Waals surface area (Å²) >= 11 is 0. The second kappa shape index (κ2) is 13.3. The third-order valence-electron chi connectivity index (χ3n) is 11.1. The number of nitrogens with zero attached hydrogens (tertiary/aromatic N) is 2. The topological polar surface area (TPSA) is 42.9 Å². The van der Waals surface area contributed by atoms with Crippen molar-refractivity contribution in [3.63, 3.8) is 0 Å². The molecule has 0 bridgehead atoms. The van der Waals surface area contributed by atoms with E-state index in [1.165, 1.54) is 0 Å². The second-order valence-corrected chi connectivity index (χ2v) is 16.8. The Balaban J connectivity index is 1.30. The van der Waals surface area contributed by atoms with E-state index in [1.54, 1.807) is 0 Å². The fraction of sp³-hybridized carbons (Fsp3) is 0.0196. The molecule has 1 aliphatic rings. The number of benzene rings is 8. The van der Waals surface area contributed by atoms with Gasteiger partial charge < -0.3 is 4.57 Å². The Bertz CT molecular complexity index is 2830. The van der Waals surface area contributed by atoms with Crippen LogP contribution >= 0.6 is 7.14 Å². The van der Waals surface area contributed by atoms with Gasteiger partial charge in [0, 0.05) is 38.2 Å². The van der Waals surface area contributed by atoms with E-state index in [-0.39, 0.29) is 0 Å². The molecule has 1 atom stereocenters. The lowest BCUT2D eigenvalue weighted by Gasteiger charge is -2.35. The van der Waals surface area contributed by atoms with Crippen LogP contribution in [-0.4, -0.2) is 9.97 Å². The van der Waals surface area contributed by atoms with E-state index in [0.717, 1.165) is 77.0 Å². The zero-order valence-electron chi connectivity index (χ0n) is 30.0. The van der Waals surface area contributed by atoms with E-state index in [0.29, 0.717) is 5.82 Å². The number of hydrogen-bond acceptors (Lipinski definition) is 3. The third-order valence-corrected chi connectivity index (χ3v) is 14.1. The van der Waals surface area contributed by atoms with Crippen molar-refractivity contribution in [3.8, 4) is 33.9 Å². The molecule has 1 aromatic heterocycles. The first-order valence-corrected chi connectivity index (χ1v) is 20.3. The van der Waals surface area contributed by atoms with Crippen LogP contribution in [0, 0.1) is 0 Å². The summed E-state index contributed by atoms with van der Waals surface area (Å²) in [6, 6.07) is 72.9. The van der Waals surface area contributed by atoms with Gasteiger partial charge in [0.25, 0.3) is 0 Å². The van der Waals surface area contributed by atoms with Crippen LogP contribution in [0.4, 0.5) is 0 Å². The molecular formula is C51H35N2OP. The highest BCUT2D eigenvalue weighted by Crippen LogP contribution is 2.58. The Kier molecular flexibility index (Phi) is 7.98. The van der Waals surface area contributed by atoms with Crippen LogP contribution in [0.1, 0.15) is 22.3 Å². The maximum atomic E-state index is 15.5. The van der Waals surface area contributed by atoms with Gasteiger partial charge in [0.15, 0.2) is 13.0 Å². The summed E-state index contributed by atoms with van der Waals surface area (Å²) in [4.78, 5) is 11.0. The summed E-state index contributed by atoms with van der Waals surface area (Å²) in [6.07, 6.45) is 0. The van der Waals surface area contributed by atoms with Crippen molar-refractivity contribution >= 4 is 33.8 Å². The van der Waals surface area contributed by atoms with E-state index in [2.05, 4.69) is 133 Å². The van der Waals surface area contributed by atoms with Crippen LogP contribution < -0.4 is 15.9 Å². The molecule has 0 saturated carbocycles. The smallest absolute Gasteiger partial charge is 0.171 e. The lowest BCUT2D eigenvalue weighted by Crippen LogP contribution is -2.31. The van der Waals surface area contributed by atoms with Gasteiger partial charge in [0.05, 0.1) is 16.8 Å². The number of aromatic nitrogens is 2. The highest BCUT2D eigenvalue weighted by atomic mass is 31.2. The summed E-state index contributed by atoms with van der Waals surface area (Å²) in [5.74, 6) is 0.683. The number of fused-ring (bicyclic) bond motifs is 4. The normalized spacial score (nSPS) is 14.7. The van der Waals surface area contributed by atoms with Crippen LogP contribution in [-0.2, 0) is 9.98 Å². The van der Waals surface area contributed by atoms with Crippen LogP contribution in [0.15, 0.2) is 212 Å². The molecule has 4 heteroatoms. The molecule has 1 unspecified atom stereocenters. The van der Waals surface area contributed by atoms with Gasteiger partial charge in [0.1, 0.15) is 0 Å². The first-order chi connectivity index (χ1) is 27.2. The van der Waals surface area contributed by atoms with E-state index < -0.39 is 12.6 Å². The Labute approximate surface area is 321 Å². The SMILES string of the molecule is O=P(c1ccccc1)(c1ccccc1)c1ccc(C2(c3ccccc3)c3ccccc3-c3nc(-c4ccccc4)nc(-c4cccc5ccccc45)c32)cc1. The molecule has 10 rings (SSSR count). The molecule has 0 spiro atoms. The number of hydrogen-bond donors (Lipinski definition) is 0. The molecule has 0 N–H and O–H groups in total. The van der Waals surface area contributed by atoms with Gasteiger partial charge in [-0.25, -0.2) is 9.97 Å². The van der Waals surface area contributed by atoms with Gasteiger partial charge in [-0.3, -0.25) is 0 Å². The molecule has 1 aliphatic carbocycles. The van der Waals surface area contributed by atoms with Gasteiger partial charge in [-0.05, 0) is 27.5 Å². The molecule has 9 aromatic rings. The van der Waals surface area contributed by atoms with E-state index >= 15 is 4.57 Å². The predicted molar refractivity (Wildman–Crippen MR) is 227 cm³/mol. The lowest BCUT2D eigenvalue weighted by molar-refractivity contribution is 0.592. The van der Waals surface area contributed by atoms with E-state index in [4.69, 9.17) is 9.97 Å². The molecule has 8 aromatic carbocycles. The summed E-state index contributed by atoms with van der Waals surface area (Å²) in [5, 5.41) is 4.68. The molecule has 55 heavy (non-hydrogen) atoms. The largest absolute Gasteiger partial charge is 0.309 e. The van der Waals surface area contributed by atoms with Gasteiger partial charge >= 0.3 is 0 Å². The minimum atomic E-state index is -3.20. The molecule has 0 radical (unpaired) electrons. The quantitative estimate of drug-likeness (QED) is 0.154. The molecule has 0 fully saturated rings. The predicted octanol–water partition coefficient (Wildman–Crippen LogP) is 11.0. The van der Waals surface area contributed by atoms with Gasteiger partial charge in [-0.1, -0.05) is 212 Å². The van der Waals surface area contributed by atoms with Crippen molar-refractivity contribution in [2.45, 2.75) is 5.41 Å². The summed E-state index contributed by atoms with van der Waals surface area (Å²) in [6.45, 7) is 0. The van der Waals surface area contributed by atoms with Crippen LogP contribution in [0.25, 0.3) is 44.7 Å². The Morgan fingerprint density at radius 2 is 0.873 bits per heavy atom. The zero-order chi connectivity index (χ0) is 36.8. The average molecular weight is 723 g/mol. The standard InChI is InChI=1S/C51H35N2OP/c54-55(40-24-9-3-10-25-40,41-26-11-4-12-27-41)42-34-32-39(33-35-42)51(38-22-7-2-8-23-38)46-31-16-15-29-45(46)49-47(51)48(52-50(53-49)37-19-5-1-6-20-37)44-30-17-21-36-18-13-14-28-43(36)44/h1-35H. The lowest BCUT2D eigenvalue weighted by atomic mass is 9.67. The first-order valence-electron chi connectivity index (χ1n) is 18.6. The van der Waals surface area contributed by atoms with E-state index in [1.807, 2.05) is 78.9 Å². The molecule has 1 heterocycles. The second-order valence-electron chi connectivity index (χ2n) is 14.0. The van der Waals surface area contributed by atoms with Crippen LogP contribution in [0.5, 0.6) is 0 Å². The summed E-state index contributed by atoms with van der Waals surface area (Å²) in [5.41, 5.74) is 8.45. The van der Waals surface area contributed by atoms with Crippen LogP contribution in [0.2, 0.25) is 0 Å². The monoisotopic (exact) mass is 722 g/mol. The van der Waals surface area contributed by atoms with Crippen molar-refractivity contribution in [2.75, 3.05) is 0 Å². The summed E-state index contributed by atoms with van der Waals surface area (Å²) in [7, 11) is -3.20. The van der Waals surface area contributed by atoms with Crippen LogP contribution in [0.3, 0.4) is 0 Å². The minimum Gasteiger partial charge on any atom is -0.309 e. The third kappa shape index (κ3) is 5.16. The molecule has 0 amide bonds. The fourth-order valence-corrected chi connectivity index (χ4v) is 11.3. The van der Waals surface area contributed by atoms with Crippen molar-refractivity contribution < 1.29 is 4.57 Å². The molecule has 0 aliphatic heterocycles. The highest BCUT2D eigenvalue weighted by Gasteiger charge is 2.49. The highest BCUT2D eigenvalue weighted by molar-refractivity contribution is 7.85. The maximum absolute atomic E-state index is 15.5. The summed E-state index contributed by atoms with van der Waals surface area (Å²) < 4.78 is 15.5. The first kappa shape index (κ1) is 32.9. The van der Waals surface area contributed by atoms with E-state index in [9.17, 15) is 0 Å². The molecule has 0 saturated heterocycles. The van der Waals surface area contributed by atoms with Gasteiger partial charge in [0.2, 0.25) is 0 Å². The Morgan fingerprint density at radius 3 is 1.55 bits per heavy atom. The molecule has 3 nitrogen and oxygen atoms in total.